The molecule has 2 aliphatic rings. The zero-order chi connectivity index (χ0) is 22.9. The first-order valence-corrected chi connectivity index (χ1v) is 12.7. The van der Waals surface area contributed by atoms with Gasteiger partial charge in [0, 0.05) is 17.7 Å². The van der Waals surface area contributed by atoms with Crippen molar-refractivity contribution in [3.63, 3.8) is 0 Å². The van der Waals surface area contributed by atoms with E-state index in [1.54, 1.807) is 0 Å². The Kier molecular flexibility index (Phi) is 10.1. The molecule has 2 fully saturated rings. The highest BCUT2D eigenvalue weighted by Crippen LogP contribution is 2.45. The lowest BCUT2D eigenvalue weighted by molar-refractivity contribution is -0.140. The Morgan fingerprint density at radius 1 is 1.19 bits per heavy atom. The van der Waals surface area contributed by atoms with Crippen LogP contribution in [0.25, 0.3) is 0 Å². The van der Waals surface area contributed by atoms with Crippen molar-refractivity contribution in [2.45, 2.75) is 94.1 Å². The van der Waals surface area contributed by atoms with E-state index in [0.29, 0.717) is 18.8 Å². The fourth-order valence-electron chi connectivity index (χ4n) is 5.48. The van der Waals surface area contributed by atoms with Crippen LogP contribution in [-0.4, -0.2) is 34.8 Å². The molecule has 1 unspecified atom stereocenters. The maximum atomic E-state index is 11.2. The van der Waals surface area contributed by atoms with Gasteiger partial charge in [0.1, 0.15) is 0 Å². The normalized spacial score (nSPS) is 27.6. The van der Waals surface area contributed by atoms with Crippen LogP contribution in [-0.2, 0) is 9.53 Å². The van der Waals surface area contributed by atoms with E-state index in [0.717, 1.165) is 36.8 Å². The molecule has 4 nitrogen and oxygen atoms in total. The third-order valence-electron chi connectivity index (χ3n) is 7.35. The summed E-state index contributed by atoms with van der Waals surface area (Å²) >= 11 is 6.61. The van der Waals surface area contributed by atoms with Crippen LogP contribution >= 0.6 is 11.6 Å². The minimum absolute atomic E-state index is 0.00163. The fourth-order valence-corrected chi connectivity index (χ4v) is 5.92. The van der Waals surface area contributed by atoms with Crippen LogP contribution in [0.5, 0.6) is 0 Å². The lowest BCUT2D eigenvalue weighted by atomic mass is 9.83. The zero-order valence-corrected chi connectivity index (χ0v) is 20.1. The van der Waals surface area contributed by atoms with Crippen molar-refractivity contribution < 1.29 is 19.7 Å². The Bertz CT molecular complexity index is 726. The van der Waals surface area contributed by atoms with Gasteiger partial charge in [-0.1, -0.05) is 68.5 Å². The molecule has 1 aromatic carbocycles. The van der Waals surface area contributed by atoms with Gasteiger partial charge in [-0.3, -0.25) is 4.79 Å². The summed E-state index contributed by atoms with van der Waals surface area (Å²) in [7, 11) is 1.41. The predicted octanol–water partition coefficient (Wildman–Crippen LogP) is 6.05. The highest BCUT2D eigenvalue weighted by molar-refractivity contribution is 6.21. The Balaban J connectivity index is 1.56. The molecular formula is C27H39ClO4. The second-order valence-electron chi connectivity index (χ2n) is 9.61. The van der Waals surface area contributed by atoms with Gasteiger partial charge in [0.15, 0.2) is 0 Å². The molecule has 32 heavy (non-hydrogen) atoms. The third-order valence-corrected chi connectivity index (χ3v) is 7.85. The van der Waals surface area contributed by atoms with Gasteiger partial charge in [0.05, 0.1) is 19.3 Å². The highest BCUT2D eigenvalue weighted by Gasteiger charge is 2.41. The largest absolute Gasteiger partial charge is 0.469 e. The van der Waals surface area contributed by atoms with Gasteiger partial charge in [0.2, 0.25) is 0 Å². The topological polar surface area (TPSA) is 66.8 Å². The average molecular weight is 463 g/mol. The lowest BCUT2D eigenvalue weighted by Crippen LogP contribution is -2.18. The summed E-state index contributed by atoms with van der Waals surface area (Å²) in [5, 5.41) is 21.3. The van der Waals surface area contributed by atoms with Gasteiger partial charge in [-0.2, -0.15) is 0 Å². The molecule has 2 N–H and O–H groups in total. The Morgan fingerprint density at radius 3 is 2.59 bits per heavy atom. The van der Waals surface area contributed by atoms with E-state index in [1.807, 2.05) is 12.1 Å². The van der Waals surface area contributed by atoms with Gasteiger partial charge >= 0.3 is 5.97 Å². The quantitative estimate of drug-likeness (QED) is 0.192. The van der Waals surface area contributed by atoms with Crippen molar-refractivity contribution in [3.05, 3.63) is 47.5 Å². The number of carbonyl (C=O) groups excluding carboxylic acids is 1. The minimum atomic E-state index is -0.451. The first-order chi connectivity index (χ1) is 15.5. The average Bonchev–Trinajstić information content (AvgIpc) is 3.09. The molecule has 0 aliphatic heterocycles. The predicted molar refractivity (Wildman–Crippen MR) is 129 cm³/mol. The number of hydrogen-bond donors (Lipinski definition) is 2. The maximum Gasteiger partial charge on any atom is 0.305 e. The molecule has 0 heterocycles. The smallest absolute Gasteiger partial charge is 0.305 e. The first kappa shape index (κ1) is 25.3. The van der Waals surface area contributed by atoms with Crippen LogP contribution in [0, 0.1) is 11.8 Å². The minimum Gasteiger partial charge on any atom is -0.469 e. The Hall–Kier alpha value is -1.36. The van der Waals surface area contributed by atoms with Crippen LogP contribution in [0.15, 0.2) is 36.4 Å². The highest BCUT2D eigenvalue weighted by atomic mass is 35.5. The number of aliphatic hydroxyl groups excluding tert-OH is 2. The number of esters is 1. The lowest BCUT2D eigenvalue weighted by Gasteiger charge is -2.25. The molecule has 0 saturated heterocycles. The molecule has 5 heteroatoms. The van der Waals surface area contributed by atoms with Crippen molar-refractivity contribution in [1.82, 2.24) is 0 Å². The van der Waals surface area contributed by atoms with E-state index in [2.05, 4.69) is 29.0 Å². The van der Waals surface area contributed by atoms with Crippen molar-refractivity contribution in [2.24, 2.45) is 11.8 Å². The van der Waals surface area contributed by atoms with Crippen LogP contribution < -0.4 is 0 Å². The van der Waals surface area contributed by atoms with Crippen molar-refractivity contribution >= 4 is 17.6 Å². The second kappa shape index (κ2) is 12.8. The van der Waals surface area contributed by atoms with Crippen molar-refractivity contribution in [2.75, 3.05) is 7.11 Å². The number of hydrogen-bond acceptors (Lipinski definition) is 4. The van der Waals surface area contributed by atoms with Crippen molar-refractivity contribution in [1.29, 1.82) is 0 Å². The van der Waals surface area contributed by atoms with E-state index in [-0.39, 0.29) is 23.2 Å². The number of benzene rings is 1. The fraction of sp³-hybridized carbons (Fsp3) is 0.667. The van der Waals surface area contributed by atoms with E-state index in [4.69, 9.17) is 11.6 Å². The molecule has 0 amide bonds. The van der Waals surface area contributed by atoms with E-state index >= 15 is 0 Å². The molecule has 2 saturated carbocycles. The monoisotopic (exact) mass is 462 g/mol. The second-order valence-corrected chi connectivity index (χ2v) is 10.2. The first-order valence-electron chi connectivity index (χ1n) is 12.3. The number of rotatable bonds is 10. The van der Waals surface area contributed by atoms with Crippen LogP contribution in [0.3, 0.4) is 0 Å². The summed E-state index contributed by atoms with van der Waals surface area (Å²) in [6, 6.07) is 8.18. The number of ether oxygens (including phenoxy) is 1. The van der Waals surface area contributed by atoms with Gasteiger partial charge < -0.3 is 14.9 Å². The molecule has 0 spiro atoms. The molecule has 0 radical (unpaired) electrons. The number of aliphatic hydroxyl groups is 2. The molecule has 3 rings (SSSR count). The van der Waals surface area contributed by atoms with Gasteiger partial charge in [0.25, 0.3) is 0 Å². The van der Waals surface area contributed by atoms with Crippen LogP contribution in [0.1, 0.15) is 93.8 Å². The van der Waals surface area contributed by atoms with E-state index in [9.17, 15) is 15.0 Å². The standard InChI is InChI=1S/C27H39ClO4/c1-32-26(31)12-8-3-2-7-11-22-23(28)18-25(30)27(22)21-15-13-20(14-16-21)24(29)17-19-9-5-4-6-10-19/h2,7,13-16,19,22-25,27,29-30H,3-6,8-12,17-18H2,1H3/b7-2-/t22-,23+,24?,25+,27+/m0/s1. The van der Waals surface area contributed by atoms with Crippen molar-refractivity contribution in [3.8, 4) is 0 Å². The van der Waals surface area contributed by atoms with Crippen LogP contribution in [0.4, 0.5) is 0 Å². The third kappa shape index (κ3) is 7.07. The molecule has 2 aliphatic carbocycles. The Morgan fingerprint density at radius 2 is 1.91 bits per heavy atom. The number of methoxy groups -OCH3 is 1. The van der Waals surface area contributed by atoms with Crippen LogP contribution in [0.2, 0.25) is 0 Å². The molecule has 178 valence electrons. The number of halogens is 1. The summed E-state index contributed by atoms with van der Waals surface area (Å²) in [6.07, 6.45) is 14.0. The van der Waals surface area contributed by atoms with E-state index in [1.165, 1.54) is 39.2 Å². The number of alkyl halides is 1. The number of unbranched alkanes of at least 4 members (excludes halogenated alkanes) is 1. The van der Waals surface area contributed by atoms with Gasteiger partial charge in [-0.25, -0.2) is 0 Å². The molecular weight excluding hydrogens is 424 g/mol. The van der Waals surface area contributed by atoms with Gasteiger partial charge in [-0.15, -0.1) is 11.6 Å². The molecule has 5 atom stereocenters. The van der Waals surface area contributed by atoms with E-state index < -0.39 is 12.2 Å². The zero-order valence-electron chi connectivity index (χ0n) is 19.3. The number of carbonyl (C=O) groups is 1. The summed E-state index contributed by atoms with van der Waals surface area (Å²) in [6.45, 7) is 0. The SMILES string of the molecule is COC(=O)CCC/C=C\C[C@@H]1[C@@H](c2ccc(C(O)CC3CCCCC3)cc2)[C@H](O)C[C@H]1Cl. The summed E-state index contributed by atoms with van der Waals surface area (Å²) in [5.41, 5.74) is 2.06. The Labute approximate surface area is 198 Å². The molecule has 1 aromatic rings. The summed E-state index contributed by atoms with van der Waals surface area (Å²) < 4.78 is 4.66. The summed E-state index contributed by atoms with van der Waals surface area (Å²) in [5.74, 6) is 0.629. The molecule has 0 bridgehead atoms. The van der Waals surface area contributed by atoms with Gasteiger partial charge in [-0.05, 0) is 55.1 Å². The summed E-state index contributed by atoms with van der Waals surface area (Å²) in [4.78, 5) is 11.2. The molecule has 0 aromatic heterocycles. The number of allylic oxidation sites excluding steroid dienone is 2. The maximum absolute atomic E-state index is 11.2.